The summed E-state index contributed by atoms with van der Waals surface area (Å²) in [7, 11) is 3.31. The summed E-state index contributed by atoms with van der Waals surface area (Å²) in [6.45, 7) is 5.11. The third-order valence-corrected chi connectivity index (χ3v) is 5.05. The van der Waals surface area contributed by atoms with Gasteiger partial charge in [-0.3, -0.25) is 15.0 Å². The van der Waals surface area contributed by atoms with Crippen molar-refractivity contribution in [1.29, 1.82) is 0 Å². The number of nitrogens with zero attached hydrogens (tertiary/aromatic N) is 2. The molecule has 0 N–H and O–H groups in total. The Kier molecular flexibility index (Phi) is 6.36. The van der Waals surface area contributed by atoms with Crippen molar-refractivity contribution < 1.29 is 19.1 Å². The Balaban J connectivity index is 1.50. The Labute approximate surface area is 165 Å². The summed E-state index contributed by atoms with van der Waals surface area (Å²) in [6.07, 6.45) is 1.87. The number of fused-ring (bicyclic) bond motifs is 1. The predicted molar refractivity (Wildman–Crippen MR) is 106 cm³/mol. The van der Waals surface area contributed by atoms with Gasteiger partial charge < -0.3 is 14.2 Å². The van der Waals surface area contributed by atoms with Gasteiger partial charge in [0.25, 0.3) is 5.69 Å². The Morgan fingerprint density at radius 2 is 1.82 bits per heavy atom. The fourth-order valence-electron chi connectivity index (χ4n) is 3.53. The maximum absolute atomic E-state index is 10.9. The predicted octanol–water partition coefficient (Wildman–Crippen LogP) is 3.75. The average Bonchev–Trinajstić information content (AvgIpc) is 2.69. The van der Waals surface area contributed by atoms with Crippen LogP contribution in [0.15, 0.2) is 30.3 Å². The van der Waals surface area contributed by atoms with E-state index < -0.39 is 0 Å². The fraction of sp³-hybridized carbons (Fsp3) is 0.429. The molecule has 28 heavy (non-hydrogen) atoms. The van der Waals surface area contributed by atoms with Crippen LogP contribution in [0.1, 0.15) is 23.1 Å². The summed E-state index contributed by atoms with van der Waals surface area (Å²) in [4.78, 5) is 12.9. The standard InChI is InChI=1S/C21H26N2O5/c1-15-11-18(5-6-19(15)23(24)25)28-10-4-8-22-9-7-16-12-20(26-2)21(27-3)13-17(16)14-22/h5-6,11-13H,4,7-10,14H2,1-3H3. The molecule has 0 saturated heterocycles. The van der Waals surface area contributed by atoms with E-state index in [2.05, 4.69) is 17.0 Å². The Morgan fingerprint density at radius 3 is 2.46 bits per heavy atom. The second-order valence-electron chi connectivity index (χ2n) is 6.91. The third-order valence-electron chi connectivity index (χ3n) is 5.05. The highest BCUT2D eigenvalue weighted by Crippen LogP contribution is 2.33. The van der Waals surface area contributed by atoms with Gasteiger partial charge in [0.1, 0.15) is 5.75 Å². The molecule has 1 aliphatic heterocycles. The zero-order chi connectivity index (χ0) is 20.1. The van der Waals surface area contributed by atoms with E-state index >= 15 is 0 Å². The molecule has 0 radical (unpaired) electrons. The molecule has 0 amide bonds. The first-order valence-corrected chi connectivity index (χ1v) is 9.35. The Bertz CT molecular complexity index is 853. The first-order chi connectivity index (χ1) is 13.5. The van der Waals surface area contributed by atoms with Crippen molar-refractivity contribution in [1.82, 2.24) is 4.90 Å². The lowest BCUT2D eigenvalue weighted by Crippen LogP contribution is -2.32. The van der Waals surface area contributed by atoms with Crippen LogP contribution in [0, 0.1) is 17.0 Å². The average molecular weight is 386 g/mol. The van der Waals surface area contributed by atoms with Crippen LogP contribution < -0.4 is 14.2 Å². The van der Waals surface area contributed by atoms with Crippen LogP contribution in [0.2, 0.25) is 0 Å². The molecular weight excluding hydrogens is 360 g/mol. The second-order valence-corrected chi connectivity index (χ2v) is 6.91. The molecule has 0 aliphatic carbocycles. The van der Waals surface area contributed by atoms with Crippen LogP contribution in [0.3, 0.4) is 0 Å². The van der Waals surface area contributed by atoms with E-state index in [4.69, 9.17) is 14.2 Å². The molecule has 2 aromatic carbocycles. The third kappa shape index (κ3) is 4.54. The van der Waals surface area contributed by atoms with E-state index in [1.807, 2.05) is 0 Å². The molecule has 0 saturated carbocycles. The van der Waals surface area contributed by atoms with E-state index in [1.54, 1.807) is 33.3 Å². The van der Waals surface area contributed by atoms with Gasteiger partial charge in [-0.15, -0.1) is 0 Å². The lowest BCUT2D eigenvalue weighted by molar-refractivity contribution is -0.385. The van der Waals surface area contributed by atoms with Gasteiger partial charge in [0.05, 0.1) is 25.7 Å². The largest absolute Gasteiger partial charge is 0.494 e. The summed E-state index contributed by atoms with van der Waals surface area (Å²) >= 11 is 0. The highest BCUT2D eigenvalue weighted by atomic mass is 16.6. The molecule has 3 rings (SSSR count). The van der Waals surface area contributed by atoms with E-state index in [-0.39, 0.29) is 10.6 Å². The normalized spacial score (nSPS) is 13.7. The lowest BCUT2D eigenvalue weighted by atomic mass is 9.98. The van der Waals surface area contributed by atoms with Gasteiger partial charge in [-0.1, -0.05) is 0 Å². The molecule has 0 spiro atoms. The minimum Gasteiger partial charge on any atom is -0.494 e. The summed E-state index contributed by atoms with van der Waals surface area (Å²) in [6, 6.07) is 9.01. The quantitative estimate of drug-likeness (QED) is 0.391. The minimum absolute atomic E-state index is 0.117. The van der Waals surface area contributed by atoms with Crippen molar-refractivity contribution in [2.45, 2.75) is 26.3 Å². The van der Waals surface area contributed by atoms with Crippen LogP contribution in [0.5, 0.6) is 17.2 Å². The fourth-order valence-corrected chi connectivity index (χ4v) is 3.53. The lowest BCUT2D eigenvalue weighted by Gasteiger charge is -2.29. The van der Waals surface area contributed by atoms with Crippen molar-refractivity contribution in [3.05, 3.63) is 57.1 Å². The van der Waals surface area contributed by atoms with Crippen LogP contribution >= 0.6 is 0 Å². The van der Waals surface area contributed by atoms with Gasteiger partial charge in [0.2, 0.25) is 0 Å². The Hall–Kier alpha value is -2.80. The Morgan fingerprint density at radius 1 is 1.11 bits per heavy atom. The molecular formula is C21H26N2O5. The van der Waals surface area contributed by atoms with Gasteiger partial charge in [0, 0.05) is 31.3 Å². The number of rotatable bonds is 8. The highest BCUT2D eigenvalue weighted by Gasteiger charge is 2.19. The SMILES string of the molecule is COc1cc2c(cc1OC)CN(CCCOc1ccc([N+](=O)[O-])c(C)c1)CC2. The number of ether oxygens (including phenoxy) is 3. The summed E-state index contributed by atoms with van der Waals surface area (Å²) in [5.74, 6) is 2.21. The first-order valence-electron chi connectivity index (χ1n) is 9.35. The first kappa shape index (κ1) is 19.9. The molecule has 2 aromatic rings. The number of nitro benzene ring substituents is 1. The molecule has 0 atom stereocenters. The molecule has 150 valence electrons. The summed E-state index contributed by atoms with van der Waals surface area (Å²) in [5, 5.41) is 10.9. The van der Waals surface area contributed by atoms with E-state index in [0.717, 1.165) is 44.0 Å². The smallest absolute Gasteiger partial charge is 0.272 e. The molecule has 7 nitrogen and oxygen atoms in total. The van der Waals surface area contributed by atoms with Gasteiger partial charge in [-0.2, -0.15) is 0 Å². The number of aryl methyl sites for hydroxylation is 1. The van der Waals surface area contributed by atoms with Crippen LogP contribution in [-0.2, 0) is 13.0 Å². The van der Waals surface area contributed by atoms with Gasteiger partial charge in [-0.25, -0.2) is 0 Å². The number of hydrogen-bond acceptors (Lipinski definition) is 6. The topological polar surface area (TPSA) is 74.1 Å². The molecule has 0 unspecified atom stereocenters. The second kappa shape index (κ2) is 8.93. The monoisotopic (exact) mass is 386 g/mol. The van der Waals surface area contributed by atoms with Crippen molar-refractivity contribution in [3.8, 4) is 17.2 Å². The number of hydrogen-bond donors (Lipinski definition) is 0. The minimum atomic E-state index is -0.377. The molecule has 0 fully saturated rings. The van der Waals surface area contributed by atoms with Crippen molar-refractivity contribution >= 4 is 5.69 Å². The zero-order valence-corrected chi connectivity index (χ0v) is 16.6. The molecule has 1 aliphatic rings. The van der Waals surface area contributed by atoms with Gasteiger partial charge in [0.15, 0.2) is 11.5 Å². The molecule has 7 heteroatoms. The maximum Gasteiger partial charge on any atom is 0.272 e. The number of benzene rings is 2. The van der Waals surface area contributed by atoms with Gasteiger partial charge in [-0.05, 0) is 55.2 Å². The van der Waals surface area contributed by atoms with Crippen LogP contribution in [-0.4, -0.2) is 43.7 Å². The van der Waals surface area contributed by atoms with Crippen molar-refractivity contribution in [2.24, 2.45) is 0 Å². The van der Waals surface area contributed by atoms with Crippen molar-refractivity contribution in [3.63, 3.8) is 0 Å². The number of nitro groups is 1. The number of methoxy groups -OCH3 is 2. The maximum atomic E-state index is 10.9. The van der Waals surface area contributed by atoms with Crippen LogP contribution in [0.25, 0.3) is 0 Å². The summed E-state index contributed by atoms with van der Waals surface area (Å²) < 4.78 is 16.6. The summed E-state index contributed by atoms with van der Waals surface area (Å²) in [5.41, 5.74) is 3.31. The van der Waals surface area contributed by atoms with Crippen molar-refractivity contribution in [2.75, 3.05) is 33.9 Å². The molecule has 1 heterocycles. The molecule has 0 aromatic heterocycles. The van der Waals surface area contributed by atoms with Crippen LogP contribution in [0.4, 0.5) is 5.69 Å². The van der Waals surface area contributed by atoms with Gasteiger partial charge >= 0.3 is 0 Å². The van der Waals surface area contributed by atoms with E-state index in [1.165, 1.54) is 17.2 Å². The van der Waals surface area contributed by atoms with E-state index in [9.17, 15) is 10.1 Å². The molecule has 0 bridgehead atoms. The van der Waals surface area contributed by atoms with E-state index in [0.29, 0.717) is 17.9 Å². The zero-order valence-electron chi connectivity index (χ0n) is 16.6. The highest BCUT2D eigenvalue weighted by molar-refractivity contribution is 5.48.